The van der Waals surface area contributed by atoms with E-state index in [1.165, 1.54) is 6.92 Å². The molecule has 1 amide bonds. The summed E-state index contributed by atoms with van der Waals surface area (Å²) >= 11 is 0. The van der Waals surface area contributed by atoms with E-state index in [4.69, 9.17) is 23.7 Å². The first-order valence-electron chi connectivity index (χ1n) is 20.1. The lowest BCUT2D eigenvalue weighted by Gasteiger charge is -2.47. The third-order valence-corrected chi connectivity index (χ3v) is 12.3. The first-order chi connectivity index (χ1) is 26.4. The quantitative estimate of drug-likeness (QED) is 0.267. The minimum Gasteiger partial charge on any atom is -0.458 e. The maximum Gasteiger partial charge on any atom is 0.408 e. The normalized spacial score (nSPS) is 38.2. The Labute approximate surface area is 332 Å². The number of amides is 1. The molecule has 0 bridgehead atoms. The number of benzene rings is 1. The first-order valence-corrected chi connectivity index (χ1v) is 20.1. The molecule has 0 saturated carbocycles. The van der Waals surface area contributed by atoms with Gasteiger partial charge in [-0.2, -0.15) is 0 Å². The number of hydrogen-bond acceptors (Lipinski definition) is 12. The number of para-hydroxylation sites is 1. The molecule has 310 valence electrons. The number of pyridine rings is 1. The molecule has 3 fully saturated rings. The molecule has 13 atom stereocenters. The number of ether oxygens (including phenoxy) is 5. The van der Waals surface area contributed by atoms with Crippen LogP contribution >= 0.6 is 0 Å². The summed E-state index contributed by atoms with van der Waals surface area (Å²) in [6.45, 7) is 15.7. The number of ketones is 1. The number of carbonyl (C=O) groups is 3. The Hall–Kier alpha value is -3.46. The molecular formula is C43H64N4O9. The summed E-state index contributed by atoms with van der Waals surface area (Å²) in [5.41, 5.74) is -0.492. The smallest absolute Gasteiger partial charge is 0.408 e. The average molecular weight is 781 g/mol. The van der Waals surface area contributed by atoms with E-state index in [1.807, 2.05) is 96.4 Å². The molecule has 1 aromatic heterocycles. The van der Waals surface area contributed by atoms with Crippen molar-refractivity contribution in [2.45, 2.75) is 135 Å². The fraction of sp³-hybridized carbons (Fsp3) is 0.674. The summed E-state index contributed by atoms with van der Waals surface area (Å²) < 4.78 is 31.9. The van der Waals surface area contributed by atoms with Crippen molar-refractivity contribution in [3.05, 3.63) is 48.2 Å². The van der Waals surface area contributed by atoms with Crippen molar-refractivity contribution in [3.8, 4) is 0 Å². The van der Waals surface area contributed by atoms with Gasteiger partial charge in [0.05, 0.1) is 36.0 Å². The number of Topliss-reactive ketones (excluding diaryl/α,β-unsaturated/α-hetero) is 1. The van der Waals surface area contributed by atoms with Crippen LogP contribution in [-0.4, -0.2) is 132 Å². The maximum atomic E-state index is 14.5. The Morgan fingerprint density at radius 2 is 1.82 bits per heavy atom. The number of fused-ring (bicyclic) bond motifs is 2. The highest BCUT2D eigenvalue weighted by Crippen LogP contribution is 2.39. The van der Waals surface area contributed by atoms with Crippen molar-refractivity contribution in [2.75, 3.05) is 34.3 Å². The van der Waals surface area contributed by atoms with Gasteiger partial charge in [0.1, 0.15) is 18.1 Å². The van der Waals surface area contributed by atoms with Gasteiger partial charge in [-0.3, -0.25) is 14.6 Å². The van der Waals surface area contributed by atoms with Gasteiger partial charge >= 0.3 is 12.1 Å². The molecule has 13 nitrogen and oxygen atoms in total. The van der Waals surface area contributed by atoms with Gasteiger partial charge in [0.15, 0.2) is 17.7 Å². The third-order valence-electron chi connectivity index (χ3n) is 12.3. The van der Waals surface area contributed by atoms with E-state index in [9.17, 15) is 19.5 Å². The van der Waals surface area contributed by atoms with Crippen LogP contribution in [0.25, 0.3) is 17.0 Å². The summed E-state index contributed by atoms with van der Waals surface area (Å²) in [6.07, 6.45) is 2.42. The molecule has 3 aliphatic rings. The lowest BCUT2D eigenvalue weighted by molar-refractivity contribution is -0.297. The van der Waals surface area contributed by atoms with E-state index in [2.05, 4.69) is 28.2 Å². The number of aromatic nitrogens is 1. The number of nitrogens with zero attached hydrogens (tertiary/aromatic N) is 3. The minimum atomic E-state index is -1.19. The van der Waals surface area contributed by atoms with Crippen molar-refractivity contribution in [1.82, 2.24) is 20.1 Å². The molecule has 4 unspecified atom stereocenters. The maximum absolute atomic E-state index is 14.5. The van der Waals surface area contributed by atoms with E-state index < -0.39 is 71.5 Å². The summed E-state index contributed by atoms with van der Waals surface area (Å²) in [5, 5.41) is 15.6. The highest BCUT2D eigenvalue weighted by molar-refractivity contribution is 6.00. The lowest BCUT2D eigenvalue weighted by atomic mass is 9.78. The van der Waals surface area contributed by atoms with Crippen molar-refractivity contribution >= 4 is 34.8 Å². The Bertz CT molecular complexity index is 1720. The van der Waals surface area contributed by atoms with Crippen LogP contribution in [0.15, 0.2) is 42.6 Å². The second-order valence-corrected chi connectivity index (χ2v) is 17.0. The molecular weight excluding hydrogens is 716 g/mol. The first kappa shape index (κ1) is 43.7. The van der Waals surface area contributed by atoms with Crippen LogP contribution in [-0.2, 0) is 33.3 Å². The number of hydrogen-bond donors (Lipinski definition) is 2. The number of cyclic esters (lactones) is 1. The van der Waals surface area contributed by atoms with Crippen molar-refractivity contribution in [3.63, 3.8) is 0 Å². The van der Waals surface area contributed by atoms with Crippen LogP contribution in [0.1, 0.15) is 80.2 Å². The van der Waals surface area contributed by atoms with E-state index in [1.54, 1.807) is 13.8 Å². The van der Waals surface area contributed by atoms with E-state index in [-0.39, 0.29) is 30.7 Å². The number of aliphatic hydroxyl groups is 1. The fourth-order valence-electron chi connectivity index (χ4n) is 9.05. The lowest BCUT2D eigenvalue weighted by Crippen LogP contribution is -2.60. The van der Waals surface area contributed by atoms with Gasteiger partial charge in [0.25, 0.3) is 0 Å². The van der Waals surface area contributed by atoms with Crippen LogP contribution in [0.5, 0.6) is 0 Å². The van der Waals surface area contributed by atoms with Gasteiger partial charge < -0.3 is 43.9 Å². The summed E-state index contributed by atoms with van der Waals surface area (Å²) in [6, 6.07) is 9.00. The molecule has 4 heterocycles. The number of likely N-dealkylation sites (N-methyl/N-ethyl adjacent to an activating group) is 2. The average Bonchev–Trinajstić information content (AvgIpc) is 3.47. The highest BCUT2D eigenvalue weighted by Gasteiger charge is 2.56. The van der Waals surface area contributed by atoms with Gasteiger partial charge in [0.2, 0.25) is 0 Å². The second-order valence-electron chi connectivity index (χ2n) is 17.0. The molecule has 5 rings (SSSR count). The zero-order valence-electron chi connectivity index (χ0n) is 35.1. The van der Waals surface area contributed by atoms with Crippen LogP contribution < -0.4 is 5.32 Å². The summed E-state index contributed by atoms with van der Waals surface area (Å²) in [5.74, 6) is -3.22. The Kier molecular flexibility index (Phi) is 14.0. The molecule has 3 saturated heterocycles. The van der Waals surface area contributed by atoms with Crippen LogP contribution in [0.2, 0.25) is 0 Å². The SMILES string of the molecule is CC[C@H]1OC(=O)C(C)C(=O)[C@H](C)[C@@H](O[C@@H]2OC(C)CC(N(C)C)C2O)[C@](C)(OC/C=C/c2cnc3ccccc3c2)C[C@@H](C)CN(C)[C@H](C)[C@H]2NC(=O)O[C@@]21C. The van der Waals surface area contributed by atoms with Crippen LogP contribution in [0, 0.1) is 17.8 Å². The predicted molar refractivity (Wildman–Crippen MR) is 214 cm³/mol. The Morgan fingerprint density at radius 1 is 1.11 bits per heavy atom. The van der Waals surface area contributed by atoms with Gasteiger partial charge in [0, 0.05) is 36.1 Å². The Morgan fingerprint density at radius 3 is 2.52 bits per heavy atom. The minimum absolute atomic E-state index is 0.0214. The number of alkyl carbamates (subject to hydrolysis) is 1. The Balaban J connectivity index is 1.54. The topological polar surface area (TPSA) is 149 Å². The second kappa shape index (κ2) is 18.0. The zero-order chi connectivity index (χ0) is 41.1. The monoisotopic (exact) mass is 780 g/mol. The molecule has 3 aliphatic heterocycles. The number of nitrogens with one attached hydrogen (secondary N) is 1. The molecule has 1 aromatic carbocycles. The molecule has 0 radical (unpaired) electrons. The predicted octanol–water partition coefficient (Wildman–Crippen LogP) is 5.22. The molecule has 56 heavy (non-hydrogen) atoms. The largest absolute Gasteiger partial charge is 0.458 e. The fourth-order valence-corrected chi connectivity index (χ4v) is 9.05. The third kappa shape index (κ3) is 9.45. The van der Waals surface area contributed by atoms with Crippen molar-refractivity contribution in [2.24, 2.45) is 17.8 Å². The number of aliphatic hydroxyl groups excluding tert-OH is 1. The van der Waals surface area contributed by atoms with Gasteiger partial charge in [-0.05, 0) is 98.6 Å². The van der Waals surface area contributed by atoms with Gasteiger partial charge in [-0.1, -0.05) is 51.1 Å². The highest BCUT2D eigenvalue weighted by atomic mass is 16.7. The standard InChI is InChI=1S/C43H64N4O9/c1-12-34-43(8)37(45-41(51)56-43)29(6)47(11)24-25(2)22-42(7,52-19-15-16-30-21-31-17-13-14-18-32(31)44-23-30)38(27(4)35(48)28(5)39(50)54-34)55-40-36(49)33(46(9)10)20-26(3)53-40/h13-18,21,23,25-29,33-34,36-38,40,49H,12,19-20,22,24H2,1-11H3,(H,45,51)/b16-15+/t25-,26?,27+,28?,29-,33?,34-,36?,37-,38-,40+,42-,43-/m1/s1. The number of carbonyl (C=O) groups excluding carboxylic acids is 3. The molecule has 13 heteroatoms. The van der Waals surface area contributed by atoms with Crippen molar-refractivity contribution in [1.29, 1.82) is 0 Å². The molecule has 2 aromatic rings. The number of rotatable bonds is 8. The van der Waals surface area contributed by atoms with Crippen molar-refractivity contribution < 1.29 is 43.2 Å². The zero-order valence-corrected chi connectivity index (χ0v) is 35.1. The molecule has 2 N–H and O–H groups in total. The van der Waals surface area contributed by atoms with Gasteiger partial charge in [-0.25, -0.2) is 4.79 Å². The van der Waals surface area contributed by atoms with E-state index in [0.29, 0.717) is 25.8 Å². The molecule has 0 aliphatic carbocycles. The summed E-state index contributed by atoms with van der Waals surface area (Å²) in [4.78, 5) is 49.9. The van der Waals surface area contributed by atoms with Crippen LogP contribution in [0.3, 0.4) is 0 Å². The van der Waals surface area contributed by atoms with Crippen LogP contribution in [0.4, 0.5) is 4.79 Å². The van der Waals surface area contributed by atoms with Gasteiger partial charge in [-0.15, -0.1) is 0 Å². The molecule has 0 spiro atoms. The van der Waals surface area contributed by atoms with E-state index in [0.717, 1.165) is 16.5 Å². The number of esters is 1. The summed E-state index contributed by atoms with van der Waals surface area (Å²) in [7, 11) is 5.81. The van der Waals surface area contributed by atoms with E-state index >= 15 is 0 Å².